The Hall–Kier alpha value is 0.0300. The van der Waals surface area contributed by atoms with E-state index in [9.17, 15) is 0 Å². The fraction of sp³-hybridized carbons (Fsp3) is 0.643. The Morgan fingerprint density at radius 1 is 1.47 bits per heavy atom. The Balaban J connectivity index is 2.30. The minimum absolute atomic E-state index is 0.164. The molecule has 1 aromatic heterocycles. The number of piperidine rings is 1. The van der Waals surface area contributed by atoms with Gasteiger partial charge in [0.2, 0.25) is 0 Å². The molecular formula is C14H21Br2N3. The first-order valence-electron chi connectivity index (χ1n) is 6.79. The highest BCUT2D eigenvalue weighted by atomic mass is 79.9. The van der Waals surface area contributed by atoms with Gasteiger partial charge >= 0.3 is 0 Å². The molecule has 0 aliphatic carbocycles. The Bertz CT molecular complexity index is 437. The molecule has 0 aromatic carbocycles. The molecule has 1 aromatic rings. The van der Waals surface area contributed by atoms with Crippen molar-refractivity contribution in [3.63, 3.8) is 0 Å². The minimum atomic E-state index is 0.164. The van der Waals surface area contributed by atoms with Crippen molar-refractivity contribution in [2.24, 2.45) is 11.7 Å². The number of halogens is 2. The summed E-state index contributed by atoms with van der Waals surface area (Å²) < 4.78 is 2.03. The molecule has 2 heterocycles. The van der Waals surface area contributed by atoms with Crippen LogP contribution in [0, 0.1) is 5.92 Å². The fourth-order valence-corrected chi connectivity index (χ4v) is 4.01. The zero-order valence-corrected chi connectivity index (χ0v) is 14.6. The van der Waals surface area contributed by atoms with Crippen molar-refractivity contribution in [1.29, 1.82) is 0 Å². The van der Waals surface area contributed by atoms with Gasteiger partial charge < -0.3 is 5.73 Å². The maximum atomic E-state index is 6.37. The highest BCUT2D eigenvalue weighted by Gasteiger charge is 2.32. The summed E-state index contributed by atoms with van der Waals surface area (Å²) in [6, 6.07) is 2.44. The van der Waals surface area contributed by atoms with Gasteiger partial charge in [0.15, 0.2) is 0 Å². The van der Waals surface area contributed by atoms with Gasteiger partial charge in [-0.25, -0.2) is 0 Å². The van der Waals surface area contributed by atoms with Gasteiger partial charge in [0, 0.05) is 27.7 Å². The molecule has 1 saturated heterocycles. The maximum absolute atomic E-state index is 6.37. The van der Waals surface area contributed by atoms with E-state index in [1.165, 1.54) is 6.42 Å². The Morgan fingerprint density at radius 2 is 2.21 bits per heavy atom. The van der Waals surface area contributed by atoms with Crippen LogP contribution in [0.5, 0.6) is 0 Å². The zero-order valence-electron chi connectivity index (χ0n) is 11.4. The Labute approximate surface area is 132 Å². The number of rotatable bonds is 3. The minimum Gasteiger partial charge on any atom is -0.326 e. The molecule has 0 radical (unpaired) electrons. The standard InChI is InChI=1S/C14H21Br2N3/c1-9(2)8-19-5-3-4-12(17)14(19)13-11(16)6-10(15)7-18-13/h6-7,9,12,14H,3-5,8,17H2,1-2H3. The topological polar surface area (TPSA) is 42.1 Å². The van der Waals surface area contributed by atoms with Gasteiger partial charge in [0.1, 0.15) is 0 Å². The van der Waals surface area contributed by atoms with Crippen LogP contribution in [0.1, 0.15) is 38.4 Å². The lowest BCUT2D eigenvalue weighted by molar-refractivity contribution is 0.110. The lowest BCUT2D eigenvalue weighted by Gasteiger charge is -2.40. The molecule has 3 nitrogen and oxygen atoms in total. The second-order valence-electron chi connectivity index (χ2n) is 5.66. The van der Waals surface area contributed by atoms with Crippen LogP contribution in [0.2, 0.25) is 0 Å². The van der Waals surface area contributed by atoms with E-state index in [1.807, 2.05) is 6.20 Å². The average Bonchev–Trinajstić information content (AvgIpc) is 2.30. The van der Waals surface area contributed by atoms with E-state index in [4.69, 9.17) is 5.73 Å². The van der Waals surface area contributed by atoms with Crippen molar-refractivity contribution in [2.45, 2.75) is 38.8 Å². The van der Waals surface area contributed by atoms with E-state index in [2.05, 4.69) is 61.7 Å². The lowest BCUT2D eigenvalue weighted by atomic mass is 9.93. The molecule has 5 heteroatoms. The largest absolute Gasteiger partial charge is 0.326 e. The summed E-state index contributed by atoms with van der Waals surface area (Å²) in [6.07, 6.45) is 4.11. The van der Waals surface area contributed by atoms with E-state index in [0.717, 1.165) is 34.1 Å². The number of nitrogens with zero attached hydrogens (tertiary/aromatic N) is 2. The SMILES string of the molecule is CC(C)CN1CCCC(N)C1c1ncc(Br)cc1Br. The summed E-state index contributed by atoms with van der Waals surface area (Å²) in [7, 11) is 0. The summed E-state index contributed by atoms with van der Waals surface area (Å²) >= 11 is 7.08. The number of pyridine rings is 1. The monoisotopic (exact) mass is 389 g/mol. The number of likely N-dealkylation sites (tertiary alicyclic amines) is 1. The van der Waals surface area contributed by atoms with E-state index >= 15 is 0 Å². The zero-order chi connectivity index (χ0) is 14.0. The van der Waals surface area contributed by atoms with Crippen LogP contribution in [0.3, 0.4) is 0 Å². The predicted octanol–water partition coefficient (Wildman–Crippen LogP) is 3.73. The van der Waals surface area contributed by atoms with Crippen molar-refractivity contribution in [3.05, 3.63) is 26.9 Å². The first kappa shape index (κ1) is 15.4. The smallest absolute Gasteiger partial charge is 0.0733 e. The average molecular weight is 391 g/mol. The molecule has 0 bridgehead atoms. The lowest BCUT2D eigenvalue weighted by Crippen LogP contribution is -2.47. The molecule has 2 N–H and O–H groups in total. The number of hydrogen-bond donors (Lipinski definition) is 1. The molecular weight excluding hydrogens is 370 g/mol. The molecule has 0 spiro atoms. The Morgan fingerprint density at radius 3 is 2.84 bits per heavy atom. The molecule has 0 amide bonds. The van der Waals surface area contributed by atoms with Crippen LogP contribution in [0.4, 0.5) is 0 Å². The Kier molecular flexibility index (Phi) is 5.40. The van der Waals surface area contributed by atoms with Crippen molar-refractivity contribution in [2.75, 3.05) is 13.1 Å². The summed E-state index contributed by atoms with van der Waals surface area (Å²) in [4.78, 5) is 7.08. The molecule has 106 valence electrons. The third-order valence-electron chi connectivity index (χ3n) is 3.50. The van der Waals surface area contributed by atoms with Gasteiger partial charge in [-0.05, 0) is 63.2 Å². The third kappa shape index (κ3) is 3.78. The van der Waals surface area contributed by atoms with Gasteiger partial charge in [0.25, 0.3) is 0 Å². The second-order valence-corrected chi connectivity index (χ2v) is 7.43. The molecule has 19 heavy (non-hydrogen) atoms. The quantitative estimate of drug-likeness (QED) is 0.854. The van der Waals surface area contributed by atoms with Gasteiger partial charge in [-0.3, -0.25) is 9.88 Å². The summed E-state index contributed by atoms with van der Waals surface area (Å²) in [5.41, 5.74) is 7.44. The van der Waals surface area contributed by atoms with E-state index < -0.39 is 0 Å². The van der Waals surface area contributed by atoms with Crippen LogP contribution >= 0.6 is 31.9 Å². The first-order chi connectivity index (χ1) is 8.99. The van der Waals surface area contributed by atoms with Gasteiger partial charge in [-0.2, -0.15) is 0 Å². The number of hydrogen-bond acceptors (Lipinski definition) is 3. The molecule has 1 aliphatic heterocycles. The van der Waals surface area contributed by atoms with Gasteiger partial charge in [0.05, 0.1) is 11.7 Å². The molecule has 2 unspecified atom stereocenters. The molecule has 1 fully saturated rings. The predicted molar refractivity (Wildman–Crippen MR) is 86.0 cm³/mol. The maximum Gasteiger partial charge on any atom is 0.0733 e. The van der Waals surface area contributed by atoms with Crippen LogP contribution in [-0.2, 0) is 0 Å². The highest BCUT2D eigenvalue weighted by molar-refractivity contribution is 9.11. The van der Waals surface area contributed by atoms with Crippen molar-refractivity contribution in [1.82, 2.24) is 9.88 Å². The summed E-state index contributed by atoms with van der Waals surface area (Å²) in [5, 5.41) is 0. The number of aromatic nitrogens is 1. The van der Waals surface area contributed by atoms with Crippen LogP contribution < -0.4 is 5.73 Å². The van der Waals surface area contributed by atoms with E-state index in [-0.39, 0.29) is 12.1 Å². The third-order valence-corrected chi connectivity index (χ3v) is 4.57. The normalized spacial score (nSPS) is 24.9. The van der Waals surface area contributed by atoms with Crippen LogP contribution in [0.25, 0.3) is 0 Å². The first-order valence-corrected chi connectivity index (χ1v) is 8.38. The number of nitrogens with two attached hydrogens (primary N) is 1. The van der Waals surface area contributed by atoms with Gasteiger partial charge in [-0.1, -0.05) is 13.8 Å². The van der Waals surface area contributed by atoms with Crippen molar-refractivity contribution < 1.29 is 0 Å². The van der Waals surface area contributed by atoms with Crippen molar-refractivity contribution >= 4 is 31.9 Å². The molecule has 2 rings (SSSR count). The summed E-state index contributed by atoms with van der Waals surface area (Å²) in [6.45, 7) is 6.69. The summed E-state index contributed by atoms with van der Waals surface area (Å²) in [5.74, 6) is 0.641. The van der Waals surface area contributed by atoms with Crippen molar-refractivity contribution in [3.8, 4) is 0 Å². The van der Waals surface area contributed by atoms with Crippen LogP contribution in [0.15, 0.2) is 21.2 Å². The molecule has 1 aliphatic rings. The van der Waals surface area contributed by atoms with E-state index in [1.54, 1.807) is 0 Å². The molecule has 2 atom stereocenters. The highest BCUT2D eigenvalue weighted by Crippen LogP contribution is 2.34. The van der Waals surface area contributed by atoms with E-state index in [0.29, 0.717) is 5.92 Å². The molecule has 0 saturated carbocycles. The van der Waals surface area contributed by atoms with Gasteiger partial charge in [-0.15, -0.1) is 0 Å². The van der Waals surface area contributed by atoms with Crippen LogP contribution in [-0.4, -0.2) is 29.0 Å². The second kappa shape index (κ2) is 6.66. The fourth-order valence-electron chi connectivity index (χ4n) is 2.79.